The lowest BCUT2D eigenvalue weighted by atomic mass is 9.99. The maximum atomic E-state index is 4.56. The zero-order chi connectivity index (χ0) is 18.2. The van der Waals surface area contributed by atoms with E-state index >= 15 is 0 Å². The summed E-state index contributed by atoms with van der Waals surface area (Å²) in [7, 11) is 0. The van der Waals surface area contributed by atoms with Gasteiger partial charge in [-0.25, -0.2) is 4.52 Å². The van der Waals surface area contributed by atoms with Crippen LogP contribution in [-0.4, -0.2) is 14.8 Å². The van der Waals surface area contributed by atoms with Gasteiger partial charge < -0.3 is 0 Å². The fourth-order valence-corrected chi connectivity index (χ4v) is 3.65. The Hall–Kier alpha value is -3.46. The predicted molar refractivity (Wildman–Crippen MR) is 110 cm³/mol. The summed E-state index contributed by atoms with van der Waals surface area (Å²) in [5.41, 5.74) is 7.96. The molecule has 0 radical (unpaired) electrons. The van der Waals surface area contributed by atoms with Crippen LogP contribution in [0.5, 0.6) is 0 Å². The second-order valence-electron chi connectivity index (χ2n) is 6.96. The molecule has 0 atom stereocenters. The Kier molecular flexibility index (Phi) is 3.72. The van der Waals surface area contributed by atoms with E-state index in [9.17, 15) is 0 Å². The highest BCUT2D eigenvalue weighted by molar-refractivity contribution is 5.89. The third-order valence-electron chi connectivity index (χ3n) is 5.03. The number of pyridine rings is 1. The van der Waals surface area contributed by atoms with E-state index in [0.29, 0.717) is 0 Å². The first-order valence-electron chi connectivity index (χ1n) is 9.16. The number of fused-ring (bicyclic) bond motifs is 3. The molecule has 0 aliphatic rings. The lowest BCUT2D eigenvalue weighted by Gasteiger charge is -2.09. The zero-order valence-electron chi connectivity index (χ0n) is 15.1. The summed E-state index contributed by atoms with van der Waals surface area (Å²) >= 11 is 0. The molecule has 0 aliphatic carbocycles. The molecule has 5 rings (SSSR count). The second kappa shape index (κ2) is 6.36. The van der Waals surface area contributed by atoms with Crippen LogP contribution in [0.4, 0.5) is 0 Å². The van der Waals surface area contributed by atoms with Crippen molar-refractivity contribution in [3.05, 3.63) is 102 Å². The van der Waals surface area contributed by atoms with Crippen LogP contribution in [0.25, 0.3) is 27.7 Å². The van der Waals surface area contributed by atoms with Gasteiger partial charge in [-0.3, -0.25) is 0 Å². The summed E-state index contributed by atoms with van der Waals surface area (Å²) in [6, 6.07) is 29.7. The molecule has 0 N–H and O–H groups in total. The number of aromatic nitrogens is 3. The van der Waals surface area contributed by atoms with Crippen LogP contribution in [0, 0.1) is 6.92 Å². The molecule has 27 heavy (non-hydrogen) atoms. The van der Waals surface area contributed by atoms with Gasteiger partial charge in [0, 0.05) is 10.9 Å². The molecular weight excluding hydrogens is 330 g/mol. The van der Waals surface area contributed by atoms with Crippen LogP contribution in [0.3, 0.4) is 0 Å². The molecular formula is C24H19N3. The minimum Gasteiger partial charge on any atom is -0.212 e. The van der Waals surface area contributed by atoms with Crippen LogP contribution >= 0.6 is 0 Å². The molecule has 130 valence electrons. The number of aryl methyl sites for hydroxylation is 1. The molecule has 0 saturated heterocycles. The predicted octanol–water partition coefficient (Wildman–Crippen LogP) is 5.45. The monoisotopic (exact) mass is 349 g/mol. The van der Waals surface area contributed by atoms with Crippen molar-refractivity contribution >= 4 is 16.4 Å². The molecule has 0 bridgehead atoms. The largest absolute Gasteiger partial charge is 0.212 e. The van der Waals surface area contributed by atoms with Crippen molar-refractivity contribution in [2.24, 2.45) is 0 Å². The maximum absolute atomic E-state index is 4.56. The lowest BCUT2D eigenvalue weighted by Crippen LogP contribution is -1.97. The molecule has 0 amide bonds. The summed E-state index contributed by atoms with van der Waals surface area (Å²) in [6.45, 7) is 2.10. The van der Waals surface area contributed by atoms with Crippen molar-refractivity contribution in [2.45, 2.75) is 13.3 Å². The summed E-state index contributed by atoms with van der Waals surface area (Å²) in [4.78, 5) is 0. The van der Waals surface area contributed by atoms with E-state index in [-0.39, 0.29) is 0 Å². The minimum atomic E-state index is 0.849. The topological polar surface area (TPSA) is 30.2 Å². The minimum absolute atomic E-state index is 0.849. The maximum Gasteiger partial charge on any atom is 0.121 e. The van der Waals surface area contributed by atoms with Gasteiger partial charge >= 0.3 is 0 Å². The normalized spacial score (nSPS) is 11.3. The number of hydrogen-bond acceptors (Lipinski definition) is 2. The molecule has 3 aromatic carbocycles. The Labute approximate surface area is 157 Å². The van der Waals surface area contributed by atoms with Crippen molar-refractivity contribution in [3.63, 3.8) is 0 Å². The molecule has 3 heteroatoms. The molecule has 2 aromatic heterocycles. The summed E-state index contributed by atoms with van der Waals surface area (Å²) in [5.74, 6) is 0. The standard InChI is InChI=1S/C24H19N3/c1-17-11-13-19(14-12-17)23-24-21(15-18-7-3-2-4-8-18)16-20-9-5-6-10-22(20)27(24)26-25-23/h2-14,16H,15H2,1H3. The van der Waals surface area contributed by atoms with Crippen LogP contribution in [0.15, 0.2) is 84.9 Å². The summed E-state index contributed by atoms with van der Waals surface area (Å²) in [5, 5.41) is 10.3. The highest BCUT2D eigenvalue weighted by Crippen LogP contribution is 2.30. The number of benzene rings is 3. The molecule has 2 heterocycles. The fourth-order valence-electron chi connectivity index (χ4n) is 3.65. The van der Waals surface area contributed by atoms with E-state index in [0.717, 1.165) is 28.7 Å². The lowest BCUT2D eigenvalue weighted by molar-refractivity contribution is 0.881. The van der Waals surface area contributed by atoms with Gasteiger partial charge in [-0.05, 0) is 36.6 Å². The van der Waals surface area contributed by atoms with Gasteiger partial charge in [0.05, 0.1) is 11.0 Å². The SMILES string of the molecule is Cc1ccc(-c2nnn3c2c(Cc2ccccc2)cc2ccccc23)cc1. The van der Waals surface area contributed by atoms with Gasteiger partial charge in [-0.1, -0.05) is 83.6 Å². The van der Waals surface area contributed by atoms with Gasteiger partial charge in [0.2, 0.25) is 0 Å². The molecule has 0 spiro atoms. The molecule has 5 aromatic rings. The first kappa shape index (κ1) is 15.8. The number of nitrogens with zero attached hydrogens (tertiary/aromatic N) is 3. The van der Waals surface area contributed by atoms with Crippen LogP contribution in [-0.2, 0) is 6.42 Å². The van der Waals surface area contributed by atoms with Crippen molar-refractivity contribution in [1.29, 1.82) is 0 Å². The number of para-hydroxylation sites is 1. The molecule has 0 unspecified atom stereocenters. The van der Waals surface area contributed by atoms with E-state index in [1.54, 1.807) is 0 Å². The number of hydrogen-bond donors (Lipinski definition) is 0. The molecule has 0 saturated carbocycles. The quantitative estimate of drug-likeness (QED) is 0.434. The van der Waals surface area contributed by atoms with Crippen molar-refractivity contribution in [3.8, 4) is 11.3 Å². The number of rotatable bonds is 3. The Morgan fingerprint density at radius 3 is 2.37 bits per heavy atom. The highest BCUT2D eigenvalue weighted by atomic mass is 15.4. The van der Waals surface area contributed by atoms with Crippen molar-refractivity contribution < 1.29 is 0 Å². The highest BCUT2D eigenvalue weighted by Gasteiger charge is 2.16. The smallest absolute Gasteiger partial charge is 0.121 e. The van der Waals surface area contributed by atoms with Crippen molar-refractivity contribution in [2.75, 3.05) is 0 Å². The Balaban J connectivity index is 1.79. The summed E-state index contributed by atoms with van der Waals surface area (Å²) in [6.07, 6.45) is 0.849. The fraction of sp³-hybridized carbons (Fsp3) is 0.0833. The van der Waals surface area contributed by atoms with Crippen LogP contribution in [0.2, 0.25) is 0 Å². The first-order chi connectivity index (χ1) is 13.3. The van der Waals surface area contributed by atoms with Gasteiger partial charge in [-0.15, -0.1) is 5.10 Å². The van der Waals surface area contributed by atoms with E-state index in [1.165, 1.54) is 22.1 Å². The zero-order valence-corrected chi connectivity index (χ0v) is 15.1. The Morgan fingerprint density at radius 1 is 0.815 bits per heavy atom. The molecule has 0 aliphatic heterocycles. The van der Waals surface area contributed by atoms with Gasteiger partial charge in [0.25, 0.3) is 0 Å². The van der Waals surface area contributed by atoms with Gasteiger partial charge in [0.15, 0.2) is 0 Å². The van der Waals surface area contributed by atoms with E-state index in [2.05, 4.69) is 96.1 Å². The van der Waals surface area contributed by atoms with E-state index in [1.807, 2.05) is 10.6 Å². The van der Waals surface area contributed by atoms with Gasteiger partial charge in [-0.2, -0.15) is 0 Å². The average molecular weight is 349 g/mol. The second-order valence-corrected chi connectivity index (χ2v) is 6.96. The van der Waals surface area contributed by atoms with E-state index < -0.39 is 0 Å². The third kappa shape index (κ3) is 2.77. The third-order valence-corrected chi connectivity index (χ3v) is 5.03. The van der Waals surface area contributed by atoms with Crippen LogP contribution < -0.4 is 0 Å². The molecule has 3 nitrogen and oxygen atoms in total. The van der Waals surface area contributed by atoms with E-state index in [4.69, 9.17) is 0 Å². The van der Waals surface area contributed by atoms with Crippen LogP contribution in [0.1, 0.15) is 16.7 Å². The average Bonchev–Trinajstić information content (AvgIpc) is 3.15. The Bertz CT molecular complexity index is 1240. The first-order valence-corrected chi connectivity index (χ1v) is 9.16. The summed E-state index contributed by atoms with van der Waals surface area (Å²) < 4.78 is 1.99. The van der Waals surface area contributed by atoms with Gasteiger partial charge in [0.1, 0.15) is 5.69 Å². The van der Waals surface area contributed by atoms with Crippen molar-refractivity contribution in [1.82, 2.24) is 14.8 Å². The Morgan fingerprint density at radius 2 is 1.56 bits per heavy atom. The molecule has 0 fully saturated rings.